The highest BCUT2D eigenvalue weighted by molar-refractivity contribution is 7.92. The number of carbonyl (C=O) groups is 2. The van der Waals surface area contributed by atoms with Crippen molar-refractivity contribution in [1.82, 2.24) is 10.2 Å². The average molecular weight is 544 g/mol. The van der Waals surface area contributed by atoms with Gasteiger partial charge in [0.15, 0.2) is 11.5 Å². The van der Waals surface area contributed by atoms with Crippen LogP contribution < -0.4 is 19.1 Å². The van der Waals surface area contributed by atoms with Gasteiger partial charge in [-0.1, -0.05) is 29.3 Å². The van der Waals surface area contributed by atoms with Gasteiger partial charge in [-0.2, -0.15) is 0 Å². The first-order valence-corrected chi connectivity index (χ1v) is 13.4. The number of benzene rings is 2. The van der Waals surface area contributed by atoms with Gasteiger partial charge < -0.3 is 19.7 Å². The zero-order chi connectivity index (χ0) is 25.8. The van der Waals surface area contributed by atoms with Gasteiger partial charge in [0, 0.05) is 42.7 Å². The number of hydrogen-bond donors (Lipinski definition) is 1. The summed E-state index contributed by atoms with van der Waals surface area (Å²) in [6.07, 6.45) is 1.34. The van der Waals surface area contributed by atoms with Crippen molar-refractivity contribution in [3.05, 3.63) is 52.0 Å². The fourth-order valence-corrected chi connectivity index (χ4v) is 5.09. The molecule has 0 spiro atoms. The van der Waals surface area contributed by atoms with Gasteiger partial charge in [-0.3, -0.25) is 13.9 Å². The number of anilines is 1. The van der Waals surface area contributed by atoms with E-state index in [1.54, 1.807) is 43.3 Å². The summed E-state index contributed by atoms with van der Waals surface area (Å²) < 4.78 is 36.8. The Balaban J connectivity index is 1.74. The van der Waals surface area contributed by atoms with Gasteiger partial charge in [-0.05, 0) is 43.2 Å². The van der Waals surface area contributed by atoms with Gasteiger partial charge in [-0.15, -0.1) is 0 Å². The van der Waals surface area contributed by atoms with E-state index in [0.29, 0.717) is 32.8 Å². The van der Waals surface area contributed by atoms with Gasteiger partial charge in [0.1, 0.15) is 6.04 Å². The number of rotatable bonds is 10. The molecule has 1 aliphatic rings. The number of amides is 2. The van der Waals surface area contributed by atoms with Crippen molar-refractivity contribution in [2.24, 2.45) is 0 Å². The van der Waals surface area contributed by atoms with Crippen LogP contribution in [0.4, 0.5) is 5.69 Å². The van der Waals surface area contributed by atoms with Crippen LogP contribution in [-0.4, -0.2) is 57.8 Å². The number of hydrogen-bond acceptors (Lipinski definition) is 6. The van der Waals surface area contributed by atoms with E-state index in [-0.39, 0.29) is 44.5 Å². The largest absolute Gasteiger partial charge is 0.454 e. The molecule has 0 unspecified atom stereocenters. The van der Waals surface area contributed by atoms with Crippen LogP contribution in [0.3, 0.4) is 0 Å². The molecule has 12 heteroatoms. The van der Waals surface area contributed by atoms with Crippen LogP contribution in [-0.2, 0) is 26.2 Å². The quantitative estimate of drug-likeness (QED) is 0.492. The Morgan fingerprint density at radius 2 is 1.83 bits per heavy atom. The van der Waals surface area contributed by atoms with Gasteiger partial charge in [0.25, 0.3) is 0 Å². The molecule has 0 bridgehead atoms. The molecule has 2 aromatic rings. The number of halogens is 2. The highest BCUT2D eigenvalue weighted by Gasteiger charge is 2.27. The molecule has 190 valence electrons. The molecular formula is C23H27Cl2N3O6S. The van der Waals surface area contributed by atoms with E-state index in [1.165, 1.54) is 16.3 Å². The van der Waals surface area contributed by atoms with E-state index < -0.39 is 16.1 Å². The summed E-state index contributed by atoms with van der Waals surface area (Å²) in [6.45, 7) is 1.86. The molecular weight excluding hydrogens is 517 g/mol. The van der Waals surface area contributed by atoms with Crippen LogP contribution in [0.1, 0.15) is 25.3 Å². The van der Waals surface area contributed by atoms with E-state index in [4.69, 9.17) is 32.7 Å². The van der Waals surface area contributed by atoms with Crippen molar-refractivity contribution in [1.29, 1.82) is 0 Å². The molecule has 1 atom stereocenters. The Bertz CT molecular complexity index is 1210. The Morgan fingerprint density at radius 3 is 2.49 bits per heavy atom. The lowest BCUT2D eigenvalue weighted by atomic mass is 10.1. The molecule has 0 fully saturated rings. The second-order valence-corrected chi connectivity index (χ2v) is 10.8. The third kappa shape index (κ3) is 6.71. The maximum absolute atomic E-state index is 13.2. The summed E-state index contributed by atoms with van der Waals surface area (Å²) in [4.78, 5) is 26.9. The molecule has 1 N–H and O–H groups in total. The van der Waals surface area contributed by atoms with Crippen LogP contribution in [0.5, 0.6) is 11.5 Å². The number of carbonyl (C=O) groups excluding carboxylic acids is 2. The van der Waals surface area contributed by atoms with Crippen LogP contribution in [0.25, 0.3) is 0 Å². The number of ether oxygens (including phenoxy) is 2. The molecule has 1 heterocycles. The van der Waals surface area contributed by atoms with E-state index in [1.807, 2.05) is 0 Å². The predicted octanol–water partition coefficient (Wildman–Crippen LogP) is 3.43. The first-order valence-electron chi connectivity index (χ1n) is 10.8. The first-order chi connectivity index (χ1) is 16.5. The Morgan fingerprint density at radius 1 is 1.11 bits per heavy atom. The van der Waals surface area contributed by atoms with E-state index in [0.717, 1.165) is 6.26 Å². The smallest absolute Gasteiger partial charge is 0.242 e. The summed E-state index contributed by atoms with van der Waals surface area (Å²) in [5.74, 6) is 0.350. The van der Waals surface area contributed by atoms with Crippen LogP contribution in [0.15, 0.2) is 36.4 Å². The summed E-state index contributed by atoms with van der Waals surface area (Å²) >= 11 is 12.3. The maximum atomic E-state index is 13.2. The molecule has 0 saturated carbocycles. The third-order valence-corrected chi connectivity index (χ3v) is 7.35. The molecule has 2 aromatic carbocycles. The maximum Gasteiger partial charge on any atom is 0.242 e. The zero-order valence-corrected chi connectivity index (χ0v) is 21.9. The average Bonchev–Trinajstić information content (AvgIpc) is 3.27. The summed E-state index contributed by atoms with van der Waals surface area (Å²) in [7, 11) is -2.14. The van der Waals surface area contributed by atoms with Gasteiger partial charge in [0.2, 0.25) is 28.6 Å². The molecule has 2 amide bonds. The van der Waals surface area contributed by atoms with Crippen molar-refractivity contribution < 1.29 is 27.5 Å². The van der Waals surface area contributed by atoms with E-state index in [9.17, 15) is 18.0 Å². The normalized spacial score (nSPS) is 13.3. The van der Waals surface area contributed by atoms with Crippen molar-refractivity contribution in [2.75, 3.05) is 30.9 Å². The fraction of sp³-hybridized carbons (Fsp3) is 0.391. The second-order valence-electron chi connectivity index (χ2n) is 8.02. The third-order valence-electron chi connectivity index (χ3n) is 5.57. The standard InChI is InChI=1S/C23H27Cl2N3O6S/c1-15(23(30)26-2)27(13-16-6-7-17(24)11-19(16)25)22(29)5-4-10-28(35(3,31)32)18-8-9-20-21(12-18)34-14-33-20/h6-9,11-12,15H,4-5,10,13-14H2,1-3H3,(H,26,30)/t15-/m0/s1. The van der Waals surface area contributed by atoms with Crippen molar-refractivity contribution in [2.45, 2.75) is 32.4 Å². The van der Waals surface area contributed by atoms with Gasteiger partial charge in [-0.25, -0.2) is 8.42 Å². The van der Waals surface area contributed by atoms with E-state index >= 15 is 0 Å². The minimum absolute atomic E-state index is 0.0170. The number of nitrogens with one attached hydrogen (secondary N) is 1. The van der Waals surface area contributed by atoms with Gasteiger partial charge in [0.05, 0.1) is 11.9 Å². The Hall–Kier alpha value is -2.69. The van der Waals surface area contributed by atoms with Crippen molar-refractivity contribution in [3.63, 3.8) is 0 Å². The molecule has 35 heavy (non-hydrogen) atoms. The molecule has 0 aromatic heterocycles. The monoisotopic (exact) mass is 543 g/mol. The van der Waals surface area contributed by atoms with Crippen LogP contribution >= 0.6 is 23.2 Å². The highest BCUT2D eigenvalue weighted by Crippen LogP contribution is 2.36. The highest BCUT2D eigenvalue weighted by atomic mass is 35.5. The molecule has 0 aliphatic carbocycles. The second kappa shape index (κ2) is 11.4. The lowest BCUT2D eigenvalue weighted by molar-refractivity contribution is -0.140. The van der Waals surface area contributed by atoms with Crippen LogP contribution in [0, 0.1) is 0 Å². The van der Waals surface area contributed by atoms with Crippen LogP contribution in [0.2, 0.25) is 10.0 Å². The number of fused-ring (bicyclic) bond motifs is 1. The number of sulfonamides is 1. The van der Waals surface area contributed by atoms with Crippen molar-refractivity contribution in [3.8, 4) is 11.5 Å². The molecule has 1 aliphatic heterocycles. The number of likely N-dealkylation sites (N-methyl/N-ethyl adjacent to an activating group) is 1. The van der Waals surface area contributed by atoms with Crippen molar-refractivity contribution >= 4 is 50.7 Å². The number of nitrogens with zero attached hydrogens (tertiary/aromatic N) is 2. The zero-order valence-electron chi connectivity index (χ0n) is 19.6. The molecule has 3 rings (SSSR count). The predicted molar refractivity (Wildman–Crippen MR) is 135 cm³/mol. The molecule has 9 nitrogen and oxygen atoms in total. The Labute approximate surface area is 214 Å². The summed E-state index contributed by atoms with van der Waals surface area (Å²) in [6, 6.07) is 9.02. The topological polar surface area (TPSA) is 105 Å². The lowest BCUT2D eigenvalue weighted by Gasteiger charge is -2.29. The van der Waals surface area contributed by atoms with Gasteiger partial charge >= 0.3 is 0 Å². The molecule has 0 saturated heterocycles. The molecule has 0 radical (unpaired) electrons. The Kier molecular flexibility index (Phi) is 8.74. The lowest BCUT2D eigenvalue weighted by Crippen LogP contribution is -2.46. The SMILES string of the molecule is CNC(=O)[C@H](C)N(Cc1ccc(Cl)cc1Cl)C(=O)CCCN(c1ccc2c(c1)OCO2)S(C)(=O)=O. The summed E-state index contributed by atoms with van der Waals surface area (Å²) in [5.41, 5.74) is 1.05. The first kappa shape index (κ1) is 26.9. The fourth-order valence-electron chi connectivity index (χ4n) is 3.67. The minimum Gasteiger partial charge on any atom is -0.454 e. The minimum atomic E-state index is -3.63. The van der Waals surface area contributed by atoms with E-state index in [2.05, 4.69) is 5.32 Å². The summed E-state index contributed by atoms with van der Waals surface area (Å²) in [5, 5.41) is 3.39.